The van der Waals surface area contributed by atoms with Crippen LogP contribution in [0.2, 0.25) is 0 Å². The van der Waals surface area contributed by atoms with Crippen LogP contribution >= 0.6 is 0 Å². The van der Waals surface area contributed by atoms with E-state index in [0.717, 1.165) is 25.9 Å². The summed E-state index contributed by atoms with van der Waals surface area (Å²) >= 11 is 0. The second-order valence-electron chi connectivity index (χ2n) is 8.50. The lowest BCUT2D eigenvalue weighted by atomic mass is 10.0. The number of hydrogen-bond acceptors (Lipinski definition) is 2. The number of nitrogens with zero attached hydrogens (tertiary/aromatic N) is 2. The molecule has 1 fully saturated rings. The van der Waals surface area contributed by atoms with Gasteiger partial charge in [0.15, 0.2) is 0 Å². The number of benzene rings is 3. The lowest BCUT2D eigenvalue weighted by molar-refractivity contribution is 0.104. The van der Waals surface area contributed by atoms with Crippen molar-refractivity contribution in [2.45, 2.75) is 38.3 Å². The monoisotopic (exact) mass is 398 g/mol. The Balaban J connectivity index is 1.32. The second-order valence-corrected chi connectivity index (χ2v) is 8.50. The minimum absolute atomic E-state index is 0.682. The van der Waals surface area contributed by atoms with Gasteiger partial charge in [-0.2, -0.15) is 0 Å². The van der Waals surface area contributed by atoms with Gasteiger partial charge in [-0.05, 0) is 55.5 Å². The van der Waals surface area contributed by atoms with Crippen LogP contribution in [0.3, 0.4) is 0 Å². The second kappa shape index (κ2) is 11.1. The Morgan fingerprint density at radius 1 is 0.633 bits per heavy atom. The summed E-state index contributed by atoms with van der Waals surface area (Å²) in [6, 6.07) is 33.5. The summed E-state index contributed by atoms with van der Waals surface area (Å²) in [6.45, 7) is 5.80. The maximum Gasteiger partial charge on any atom is 0.0236 e. The van der Waals surface area contributed by atoms with Gasteiger partial charge in [-0.3, -0.25) is 4.90 Å². The Morgan fingerprint density at radius 3 is 1.70 bits per heavy atom. The van der Waals surface area contributed by atoms with Crippen LogP contribution in [0, 0.1) is 0 Å². The maximum absolute atomic E-state index is 2.73. The number of likely N-dealkylation sites (tertiary alicyclic amines) is 1. The van der Waals surface area contributed by atoms with E-state index in [1.165, 1.54) is 49.2 Å². The van der Waals surface area contributed by atoms with Crippen molar-refractivity contribution in [1.29, 1.82) is 0 Å². The highest BCUT2D eigenvalue weighted by atomic mass is 15.2. The summed E-state index contributed by atoms with van der Waals surface area (Å²) in [4.78, 5) is 5.39. The Kier molecular flexibility index (Phi) is 7.71. The summed E-state index contributed by atoms with van der Waals surface area (Å²) in [5, 5.41) is 0. The SMILES string of the molecule is c1ccc(CCN2CCC(N(CCc3ccccc3)Cc3ccccc3)CC2)cc1. The molecule has 3 aromatic rings. The average Bonchev–Trinajstić information content (AvgIpc) is 2.83. The fourth-order valence-electron chi connectivity index (χ4n) is 4.57. The molecule has 0 saturated carbocycles. The molecule has 0 bridgehead atoms. The quantitative estimate of drug-likeness (QED) is 0.474. The molecule has 1 saturated heterocycles. The van der Waals surface area contributed by atoms with Crippen LogP contribution in [0.25, 0.3) is 0 Å². The Hall–Kier alpha value is -2.42. The molecule has 30 heavy (non-hydrogen) atoms. The zero-order chi connectivity index (χ0) is 20.4. The Bertz CT molecular complexity index is 840. The molecule has 2 nitrogen and oxygen atoms in total. The van der Waals surface area contributed by atoms with Crippen LogP contribution < -0.4 is 0 Å². The van der Waals surface area contributed by atoms with E-state index in [4.69, 9.17) is 0 Å². The van der Waals surface area contributed by atoms with Gasteiger partial charge in [-0.1, -0.05) is 91.0 Å². The van der Waals surface area contributed by atoms with E-state index < -0.39 is 0 Å². The lowest BCUT2D eigenvalue weighted by Crippen LogP contribution is -2.45. The zero-order valence-electron chi connectivity index (χ0n) is 18.0. The lowest BCUT2D eigenvalue weighted by Gasteiger charge is -2.39. The molecule has 0 N–H and O–H groups in total. The van der Waals surface area contributed by atoms with Crippen LogP contribution in [-0.2, 0) is 19.4 Å². The minimum atomic E-state index is 0.682. The van der Waals surface area contributed by atoms with Crippen molar-refractivity contribution in [2.75, 3.05) is 26.2 Å². The van der Waals surface area contributed by atoms with Crippen molar-refractivity contribution < 1.29 is 0 Å². The van der Waals surface area contributed by atoms with Crippen LogP contribution in [-0.4, -0.2) is 42.0 Å². The zero-order valence-corrected chi connectivity index (χ0v) is 18.0. The highest BCUT2D eigenvalue weighted by Crippen LogP contribution is 2.20. The highest BCUT2D eigenvalue weighted by Gasteiger charge is 2.24. The van der Waals surface area contributed by atoms with E-state index in [-0.39, 0.29) is 0 Å². The van der Waals surface area contributed by atoms with E-state index in [1.54, 1.807) is 0 Å². The molecule has 0 radical (unpaired) electrons. The van der Waals surface area contributed by atoms with Gasteiger partial charge in [-0.15, -0.1) is 0 Å². The molecule has 0 amide bonds. The molecule has 1 heterocycles. The minimum Gasteiger partial charge on any atom is -0.303 e. The summed E-state index contributed by atoms with van der Waals surface area (Å²) in [5.74, 6) is 0. The Morgan fingerprint density at radius 2 is 1.13 bits per heavy atom. The third-order valence-corrected chi connectivity index (χ3v) is 6.39. The molecule has 1 aliphatic rings. The van der Waals surface area contributed by atoms with Crippen LogP contribution in [0.1, 0.15) is 29.5 Å². The number of hydrogen-bond donors (Lipinski definition) is 0. The van der Waals surface area contributed by atoms with Crippen LogP contribution in [0.5, 0.6) is 0 Å². The predicted molar refractivity (Wildman–Crippen MR) is 127 cm³/mol. The van der Waals surface area contributed by atoms with Crippen molar-refractivity contribution in [3.05, 3.63) is 108 Å². The van der Waals surface area contributed by atoms with E-state index >= 15 is 0 Å². The van der Waals surface area contributed by atoms with Gasteiger partial charge in [0.2, 0.25) is 0 Å². The molecule has 2 heteroatoms. The maximum atomic E-state index is 2.73. The molecule has 0 aromatic heterocycles. The number of piperidine rings is 1. The molecule has 1 aliphatic heterocycles. The fourth-order valence-corrected chi connectivity index (χ4v) is 4.57. The van der Waals surface area contributed by atoms with E-state index in [2.05, 4.69) is 101 Å². The third-order valence-electron chi connectivity index (χ3n) is 6.39. The summed E-state index contributed by atoms with van der Waals surface area (Å²) in [5.41, 5.74) is 4.32. The highest BCUT2D eigenvalue weighted by molar-refractivity contribution is 5.17. The van der Waals surface area contributed by atoms with Crippen molar-refractivity contribution >= 4 is 0 Å². The third kappa shape index (κ3) is 6.29. The molecular formula is C28H34N2. The smallest absolute Gasteiger partial charge is 0.0236 e. The first-order valence-electron chi connectivity index (χ1n) is 11.4. The van der Waals surface area contributed by atoms with E-state index in [0.29, 0.717) is 6.04 Å². The summed E-state index contributed by atoms with van der Waals surface area (Å²) < 4.78 is 0. The largest absolute Gasteiger partial charge is 0.303 e. The molecule has 156 valence electrons. The number of rotatable bonds is 9. The normalized spacial score (nSPS) is 15.5. The molecule has 0 unspecified atom stereocenters. The van der Waals surface area contributed by atoms with Gasteiger partial charge in [0.1, 0.15) is 0 Å². The van der Waals surface area contributed by atoms with Crippen molar-refractivity contribution in [3.63, 3.8) is 0 Å². The molecule has 0 aliphatic carbocycles. The predicted octanol–water partition coefficient (Wildman–Crippen LogP) is 5.44. The molecule has 4 rings (SSSR count). The standard InChI is InChI=1S/C28H34N2/c1-4-10-25(11-5-1)16-20-29-21-18-28(19-22-29)30(24-27-14-8-3-9-15-27)23-17-26-12-6-2-7-13-26/h1-15,28H,16-24H2. The van der Waals surface area contributed by atoms with Gasteiger partial charge < -0.3 is 4.90 Å². The average molecular weight is 399 g/mol. The fraction of sp³-hybridized carbons (Fsp3) is 0.357. The summed E-state index contributed by atoms with van der Waals surface area (Å²) in [7, 11) is 0. The first-order chi connectivity index (χ1) is 14.9. The Labute approximate surface area is 182 Å². The van der Waals surface area contributed by atoms with Crippen molar-refractivity contribution in [3.8, 4) is 0 Å². The van der Waals surface area contributed by atoms with Crippen molar-refractivity contribution in [1.82, 2.24) is 9.80 Å². The van der Waals surface area contributed by atoms with E-state index in [9.17, 15) is 0 Å². The van der Waals surface area contributed by atoms with Gasteiger partial charge >= 0.3 is 0 Å². The van der Waals surface area contributed by atoms with Gasteiger partial charge in [0.25, 0.3) is 0 Å². The first-order valence-corrected chi connectivity index (χ1v) is 11.4. The van der Waals surface area contributed by atoms with E-state index in [1.807, 2.05) is 0 Å². The first kappa shape index (κ1) is 20.8. The van der Waals surface area contributed by atoms with Crippen LogP contribution in [0.15, 0.2) is 91.0 Å². The van der Waals surface area contributed by atoms with Gasteiger partial charge in [0, 0.05) is 25.7 Å². The molecular weight excluding hydrogens is 364 g/mol. The topological polar surface area (TPSA) is 6.48 Å². The molecule has 3 aromatic carbocycles. The van der Waals surface area contributed by atoms with Gasteiger partial charge in [0.05, 0.1) is 0 Å². The van der Waals surface area contributed by atoms with Crippen molar-refractivity contribution in [2.24, 2.45) is 0 Å². The molecule has 0 atom stereocenters. The van der Waals surface area contributed by atoms with Crippen LogP contribution in [0.4, 0.5) is 0 Å². The van der Waals surface area contributed by atoms with Gasteiger partial charge in [-0.25, -0.2) is 0 Å². The summed E-state index contributed by atoms with van der Waals surface area (Å²) in [6.07, 6.45) is 4.84. The molecule has 0 spiro atoms.